The molecule has 0 amide bonds. The summed E-state index contributed by atoms with van der Waals surface area (Å²) in [6.07, 6.45) is 5.76. The molecule has 0 radical (unpaired) electrons. The van der Waals surface area contributed by atoms with Crippen molar-refractivity contribution in [1.29, 1.82) is 0 Å². The number of oxime groups is 1. The van der Waals surface area contributed by atoms with Gasteiger partial charge in [-0.1, -0.05) is 74.9 Å². The molecule has 40 heavy (non-hydrogen) atoms. The number of carboxylic acid groups (broad SMARTS) is 1. The molecule has 2 aromatic rings. The molecule has 0 heterocycles. The van der Waals surface area contributed by atoms with E-state index in [1.165, 1.54) is 18.1 Å². The number of hydrogen-bond donors (Lipinski definition) is 2. The molecule has 1 aliphatic carbocycles. The van der Waals surface area contributed by atoms with Gasteiger partial charge in [0, 0.05) is 13.1 Å². The van der Waals surface area contributed by atoms with Gasteiger partial charge in [0.25, 0.3) is 0 Å². The summed E-state index contributed by atoms with van der Waals surface area (Å²) in [7, 11) is 0. The minimum absolute atomic E-state index is 0.0351. The highest BCUT2D eigenvalue weighted by atomic mass is 19.4. The molecule has 2 N–H and O–H groups in total. The zero-order valence-corrected chi connectivity index (χ0v) is 23.8. The zero-order valence-electron chi connectivity index (χ0n) is 23.8. The molecule has 5 nitrogen and oxygen atoms in total. The normalized spacial score (nSPS) is 14.9. The number of carboxylic acids is 1. The van der Waals surface area contributed by atoms with Gasteiger partial charge in [-0.2, -0.15) is 13.2 Å². The predicted molar refractivity (Wildman–Crippen MR) is 153 cm³/mol. The van der Waals surface area contributed by atoms with Crippen LogP contribution in [0, 0.1) is 0 Å². The zero-order chi connectivity index (χ0) is 29.0. The fourth-order valence-electron chi connectivity index (χ4n) is 5.38. The van der Waals surface area contributed by atoms with Crippen molar-refractivity contribution < 1.29 is 27.9 Å². The third-order valence-corrected chi connectivity index (χ3v) is 7.66. The predicted octanol–water partition coefficient (Wildman–Crippen LogP) is 8.38. The van der Waals surface area contributed by atoms with E-state index in [2.05, 4.69) is 23.5 Å². The van der Waals surface area contributed by atoms with Crippen LogP contribution in [0.15, 0.2) is 41.6 Å². The Kier molecular flexibility index (Phi) is 12.5. The molecule has 1 aliphatic rings. The summed E-state index contributed by atoms with van der Waals surface area (Å²) < 4.78 is 41.7. The minimum atomic E-state index is -4.40. The first kappa shape index (κ1) is 31.7. The molecule has 1 fully saturated rings. The number of hydrogen-bond acceptors (Lipinski definition) is 4. The number of rotatable bonds is 15. The van der Waals surface area contributed by atoms with E-state index in [4.69, 9.17) is 9.94 Å². The Hall–Kier alpha value is -2.87. The average Bonchev–Trinajstić information content (AvgIpc) is 2.93. The number of carbonyl (C=O) groups is 1. The minimum Gasteiger partial charge on any atom is -0.481 e. The van der Waals surface area contributed by atoms with Gasteiger partial charge in [0.2, 0.25) is 0 Å². The molecule has 0 atom stereocenters. The van der Waals surface area contributed by atoms with E-state index in [1.54, 1.807) is 12.1 Å². The lowest BCUT2D eigenvalue weighted by atomic mass is 9.81. The molecule has 0 aliphatic heterocycles. The summed E-state index contributed by atoms with van der Waals surface area (Å²) in [5.74, 6) is -0.864. The van der Waals surface area contributed by atoms with Crippen LogP contribution in [0.1, 0.15) is 117 Å². The van der Waals surface area contributed by atoms with Gasteiger partial charge < -0.3 is 15.3 Å². The number of alkyl halides is 3. The van der Waals surface area contributed by atoms with E-state index >= 15 is 0 Å². The van der Waals surface area contributed by atoms with Gasteiger partial charge in [0.1, 0.15) is 6.61 Å². The standard InChI is InChI=1S/C32H43F3N2O3/c1-3-4-5-7-12-27-20-26(14-15-28(27)21-36-18-17-31(38)39)23(2)37-40-22-24-13-16-29(25-10-8-6-9-11-25)30(19-24)32(33,34)35/h13-16,19-20,25,36H,3-12,17-18,21-22H2,1-2H3,(H,38,39). The van der Waals surface area contributed by atoms with Crippen molar-refractivity contribution in [2.24, 2.45) is 5.16 Å². The Morgan fingerprint density at radius 1 is 1.05 bits per heavy atom. The first-order chi connectivity index (χ1) is 19.2. The van der Waals surface area contributed by atoms with Crippen LogP contribution in [-0.2, 0) is 35.4 Å². The van der Waals surface area contributed by atoms with Gasteiger partial charge >= 0.3 is 12.1 Å². The number of halogens is 3. The summed E-state index contributed by atoms with van der Waals surface area (Å²) in [5.41, 5.74) is 4.14. The van der Waals surface area contributed by atoms with Gasteiger partial charge in [-0.15, -0.1) is 0 Å². The molecule has 0 saturated heterocycles. The lowest BCUT2D eigenvalue weighted by Gasteiger charge is -2.25. The Morgan fingerprint density at radius 3 is 2.52 bits per heavy atom. The summed E-state index contributed by atoms with van der Waals surface area (Å²) >= 11 is 0. The maximum Gasteiger partial charge on any atom is 0.416 e. The fourth-order valence-corrected chi connectivity index (χ4v) is 5.38. The third-order valence-electron chi connectivity index (χ3n) is 7.66. The number of nitrogens with zero attached hydrogens (tertiary/aromatic N) is 1. The van der Waals surface area contributed by atoms with Gasteiger partial charge in [0.05, 0.1) is 17.7 Å². The smallest absolute Gasteiger partial charge is 0.416 e. The highest BCUT2D eigenvalue weighted by Crippen LogP contribution is 2.41. The summed E-state index contributed by atoms with van der Waals surface area (Å²) in [5, 5.41) is 16.3. The second-order valence-corrected chi connectivity index (χ2v) is 10.8. The molecule has 3 rings (SSSR count). The van der Waals surface area contributed by atoms with Crippen molar-refractivity contribution in [2.45, 2.75) is 110 Å². The highest BCUT2D eigenvalue weighted by molar-refractivity contribution is 5.98. The number of aryl methyl sites for hydroxylation is 1. The van der Waals surface area contributed by atoms with Crippen LogP contribution in [0.2, 0.25) is 0 Å². The van der Waals surface area contributed by atoms with E-state index in [0.717, 1.165) is 68.9 Å². The van der Waals surface area contributed by atoms with E-state index in [1.807, 2.05) is 19.1 Å². The Balaban J connectivity index is 1.69. The van der Waals surface area contributed by atoms with Crippen molar-refractivity contribution in [1.82, 2.24) is 5.32 Å². The van der Waals surface area contributed by atoms with Gasteiger partial charge in [0.15, 0.2) is 0 Å². The Morgan fingerprint density at radius 2 is 1.82 bits per heavy atom. The van der Waals surface area contributed by atoms with Crippen LogP contribution in [0.3, 0.4) is 0 Å². The van der Waals surface area contributed by atoms with Gasteiger partial charge in [-0.3, -0.25) is 4.79 Å². The Labute approximate surface area is 236 Å². The molecule has 0 aromatic heterocycles. The highest BCUT2D eigenvalue weighted by Gasteiger charge is 2.35. The molecular formula is C32H43F3N2O3. The monoisotopic (exact) mass is 560 g/mol. The molecule has 220 valence electrons. The third kappa shape index (κ3) is 9.95. The lowest BCUT2D eigenvalue weighted by molar-refractivity contribution is -0.139. The molecule has 0 spiro atoms. The van der Waals surface area contributed by atoms with Crippen LogP contribution >= 0.6 is 0 Å². The van der Waals surface area contributed by atoms with Crippen LogP contribution in [0.25, 0.3) is 0 Å². The van der Waals surface area contributed by atoms with Crippen molar-refractivity contribution in [3.8, 4) is 0 Å². The number of nitrogens with one attached hydrogen (secondary N) is 1. The van der Waals surface area contributed by atoms with E-state index in [0.29, 0.717) is 29.9 Å². The van der Waals surface area contributed by atoms with Crippen molar-refractivity contribution in [2.75, 3.05) is 6.54 Å². The maximum atomic E-state index is 13.9. The van der Waals surface area contributed by atoms with Gasteiger partial charge in [-0.25, -0.2) is 0 Å². The molecule has 1 saturated carbocycles. The fraction of sp³-hybridized carbons (Fsp3) is 0.562. The van der Waals surface area contributed by atoms with E-state index in [9.17, 15) is 18.0 Å². The van der Waals surface area contributed by atoms with Crippen LogP contribution in [0.5, 0.6) is 0 Å². The molecule has 8 heteroatoms. The molecule has 2 aromatic carbocycles. The molecular weight excluding hydrogens is 517 g/mol. The van der Waals surface area contributed by atoms with Crippen LogP contribution in [-0.4, -0.2) is 23.3 Å². The van der Waals surface area contributed by atoms with Crippen LogP contribution < -0.4 is 5.32 Å². The largest absolute Gasteiger partial charge is 0.481 e. The van der Waals surface area contributed by atoms with E-state index in [-0.39, 0.29) is 18.9 Å². The van der Waals surface area contributed by atoms with Crippen molar-refractivity contribution >= 4 is 11.7 Å². The summed E-state index contributed by atoms with van der Waals surface area (Å²) in [6.45, 7) is 4.95. The summed E-state index contributed by atoms with van der Waals surface area (Å²) in [4.78, 5) is 16.3. The second kappa shape index (κ2) is 15.8. The quantitative estimate of drug-likeness (QED) is 0.130. The first-order valence-corrected chi connectivity index (χ1v) is 14.6. The molecule has 0 unspecified atom stereocenters. The van der Waals surface area contributed by atoms with Crippen molar-refractivity contribution in [3.05, 3.63) is 69.8 Å². The summed E-state index contributed by atoms with van der Waals surface area (Å²) in [6, 6.07) is 10.6. The maximum absolute atomic E-state index is 13.9. The molecule has 0 bridgehead atoms. The van der Waals surface area contributed by atoms with Gasteiger partial charge in [-0.05, 0) is 78.5 Å². The first-order valence-electron chi connectivity index (χ1n) is 14.6. The average molecular weight is 561 g/mol. The van der Waals surface area contributed by atoms with Crippen LogP contribution in [0.4, 0.5) is 13.2 Å². The Bertz CT molecular complexity index is 1120. The SMILES string of the molecule is CCCCCCc1cc(C(C)=NOCc2ccc(C3CCCCC3)c(C(F)(F)F)c2)ccc1CNCCC(=O)O. The topological polar surface area (TPSA) is 70.9 Å². The lowest BCUT2D eigenvalue weighted by Crippen LogP contribution is -2.18. The second-order valence-electron chi connectivity index (χ2n) is 10.8. The number of aliphatic carboxylic acids is 1. The van der Waals surface area contributed by atoms with E-state index < -0.39 is 17.7 Å². The number of benzene rings is 2. The number of unbranched alkanes of at least 4 members (excludes halogenated alkanes) is 3. The van der Waals surface area contributed by atoms with Crippen molar-refractivity contribution in [3.63, 3.8) is 0 Å².